The molecule has 0 saturated carbocycles. The lowest BCUT2D eigenvalue weighted by Crippen LogP contribution is -2.21. The van der Waals surface area contributed by atoms with Crippen molar-refractivity contribution < 1.29 is 14.3 Å². The van der Waals surface area contributed by atoms with E-state index in [2.05, 4.69) is 0 Å². The normalized spacial score (nSPS) is 11.2. The van der Waals surface area contributed by atoms with Crippen molar-refractivity contribution in [3.05, 3.63) is 65.2 Å². The molecule has 5 nitrogen and oxygen atoms in total. The maximum absolute atomic E-state index is 11.8. The van der Waals surface area contributed by atoms with Gasteiger partial charge in [0.05, 0.1) is 11.6 Å². The fourth-order valence-corrected chi connectivity index (χ4v) is 2.00. The molecule has 0 heterocycles. The summed E-state index contributed by atoms with van der Waals surface area (Å²) >= 11 is 0. The van der Waals surface area contributed by atoms with Gasteiger partial charge in [0.1, 0.15) is 5.75 Å². The highest BCUT2D eigenvalue weighted by Gasteiger charge is 2.14. The van der Waals surface area contributed by atoms with Gasteiger partial charge in [-0.3, -0.25) is 9.59 Å². The molecule has 2 aromatic carbocycles. The second-order valence-electron chi connectivity index (χ2n) is 5.13. The van der Waals surface area contributed by atoms with Gasteiger partial charge in [-0.2, -0.15) is 5.26 Å². The van der Waals surface area contributed by atoms with Crippen LogP contribution in [0.5, 0.6) is 5.75 Å². The molecular weight excluding hydrogens is 292 g/mol. The van der Waals surface area contributed by atoms with Crippen LogP contribution in [0.1, 0.15) is 27.6 Å². The van der Waals surface area contributed by atoms with Crippen molar-refractivity contribution in [3.8, 4) is 11.8 Å². The summed E-state index contributed by atoms with van der Waals surface area (Å²) in [5.41, 5.74) is 1.72. The largest absolute Gasteiger partial charge is 0.478 e. The molecule has 1 unspecified atom stereocenters. The Morgan fingerprint density at radius 2 is 1.74 bits per heavy atom. The Morgan fingerprint density at radius 3 is 2.22 bits per heavy atom. The van der Waals surface area contributed by atoms with Gasteiger partial charge in [0.25, 0.3) is 5.91 Å². The highest BCUT2D eigenvalue weighted by atomic mass is 16.5. The topological polar surface area (TPSA) is 70.4 Å². The molecule has 2 aromatic rings. The predicted octanol–water partition coefficient (Wildman–Crippen LogP) is 2.58. The fourth-order valence-electron chi connectivity index (χ4n) is 2.00. The molecule has 0 N–H and O–H groups in total. The van der Waals surface area contributed by atoms with Crippen molar-refractivity contribution in [2.24, 2.45) is 0 Å². The zero-order chi connectivity index (χ0) is 16.8. The lowest BCUT2D eigenvalue weighted by Gasteiger charge is -2.15. The van der Waals surface area contributed by atoms with E-state index < -0.39 is 6.10 Å². The van der Waals surface area contributed by atoms with Gasteiger partial charge in [-0.15, -0.1) is 0 Å². The van der Waals surface area contributed by atoms with Crippen molar-refractivity contribution in [2.75, 3.05) is 14.1 Å². The molecule has 23 heavy (non-hydrogen) atoms. The van der Waals surface area contributed by atoms with Crippen LogP contribution in [0.4, 0.5) is 0 Å². The Balaban J connectivity index is 2.15. The number of nitrogens with zero attached hydrogens (tertiary/aromatic N) is 2. The first-order valence-corrected chi connectivity index (χ1v) is 6.99. The maximum atomic E-state index is 11.8. The number of carbonyl (C=O) groups is 2. The quantitative estimate of drug-likeness (QED) is 0.796. The molecule has 0 fully saturated rings. The Morgan fingerprint density at radius 1 is 1.13 bits per heavy atom. The average Bonchev–Trinajstić information content (AvgIpc) is 2.59. The van der Waals surface area contributed by atoms with Crippen LogP contribution in [0.25, 0.3) is 0 Å². The predicted molar refractivity (Wildman–Crippen MR) is 85.0 cm³/mol. The Labute approximate surface area is 134 Å². The second-order valence-corrected chi connectivity index (χ2v) is 5.13. The molecule has 116 valence electrons. The van der Waals surface area contributed by atoms with Gasteiger partial charge in [-0.1, -0.05) is 12.1 Å². The lowest BCUT2D eigenvalue weighted by molar-refractivity contribution is -0.113. The van der Waals surface area contributed by atoms with Crippen molar-refractivity contribution in [1.82, 2.24) is 4.90 Å². The number of ether oxygens (including phenoxy) is 1. The summed E-state index contributed by atoms with van der Waals surface area (Å²) in [5, 5.41) is 8.77. The number of benzene rings is 2. The van der Waals surface area contributed by atoms with E-state index in [1.165, 1.54) is 4.90 Å². The van der Waals surface area contributed by atoms with Crippen LogP contribution < -0.4 is 4.74 Å². The molecule has 0 saturated heterocycles. The Hall–Kier alpha value is -3.13. The van der Waals surface area contributed by atoms with Crippen LogP contribution in [0.2, 0.25) is 0 Å². The van der Waals surface area contributed by atoms with Crippen molar-refractivity contribution in [3.63, 3.8) is 0 Å². The number of hydrogen-bond acceptors (Lipinski definition) is 4. The summed E-state index contributed by atoms with van der Waals surface area (Å²) < 4.78 is 5.62. The van der Waals surface area contributed by atoms with Crippen molar-refractivity contribution in [1.29, 1.82) is 5.26 Å². The summed E-state index contributed by atoms with van der Waals surface area (Å²) in [4.78, 5) is 24.6. The molecule has 1 atom stereocenters. The summed E-state index contributed by atoms with van der Waals surface area (Å²) in [6.45, 7) is 0. The fraction of sp³-hybridized carbons (Fsp3) is 0.167. The second kappa shape index (κ2) is 7.23. The third-order valence-corrected chi connectivity index (χ3v) is 3.26. The van der Waals surface area contributed by atoms with Crippen molar-refractivity contribution >= 4 is 12.2 Å². The van der Waals surface area contributed by atoms with E-state index in [9.17, 15) is 9.59 Å². The number of amides is 1. The number of nitriles is 1. The monoisotopic (exact) mass is 308 g/mol. The molecule has 0 aromatic heterocycles. The first kappa shape index (κ1) is 16.2. The summed E-state index contributed by atoms with van der Waals surface area (Å²) in [5.74, 6) is 0.391. The van der Waals surface area contributed by atoms with Crippen LogP contribution >= 0.6 is 0 Å². The van der Waals surface area contributed by atoms with Gasteiger partial charge in [-0.25, -0.2) is 0 Å². The molecule has 0 aliphatic heterocycles. The van der Waals surface area contributed by atoms with Gasteiger partial charge < -0.3 is 9.64 Å². The van der Waals surface area contributed by atoms with Gasteiger partial charge in [0, 0.05) is 19.7 Å². The van der Waals surface area contributed by atoms with E-state index >= 15 is 0 Å². The number of rotatable bonds is 5. The third kappa shape index (κ3) is 3.95. The number of carbonyl (C=O) groups excluding carboxylic acids is 2. The van der Waals surface area contributed by atoms with E-state index in [0.717, 1.165) is 0 Å². The van der Waals surface area contributed by atoms with E-state index in [0.29, 0.717) is 28.7 Å². The third-order valence-electron chi connectivity index (χ3n) is 3.26. The summed E-state index contributed by atoms with van der Waals surface area (Å²) in [6, 6.07) is 15.2. The van der Waals surface area contributed by atoms with Crippen LogP contribution in [0.15, 0.2) is 48.5 Å². The summed E-state index contributed by atoms with van der Waals surface area (Å²) in [7, 11) is 3.36. The summed E-state index contributed by atoms with van der Waals surface area (Å²) in [6.07, 6.45) is -0.0764. The van der Waals surface area contributed by atoms with Gasteiger partial charge in [-0.05, 0) is 42.0 Å². The Bertz CT molecular complexity index is 728. The first-order chi connectivity index (χ1) is 11.0. The van der Waals surface area contributed by atoms with E-state index in [4.69, 9.17) is 10.00 Å². The molecular formula is C18H16N2O3. The van der Waals surface area contributed by atoms with Gasteiger partial charge in [0.2, 0.25) is 0 Å². The number of hydrogen-bond donors (Lipinski definition) is 0. The lowest BCUT2D eigenvalue weighted by atomic mass is 10.1. The molecule has 0 bridgehead atoms. The smallest absolute Gasteiger partial charge is 0.253 e. The minimum absolute atomic E-state index is 0.104. The molecule has 1 amide bonds. The van der Waals surface area contributed by atoms with Gasteiger partial charge in [0.15, 0.2) is 12.4 Å². The minimum atomic E-state index is -0.772. The SMILES string of the molecule is CN(C)C(=O)c1ccc(C(C=O)Oc2ccc(C#N)cc2)cc1. The average molecular weight is 308 g/mol. The van der Waals surface area contributed by atoms with Crippen LogP contribution in [0.3, 0.4) is 0 Å². The highest BCUT2D eigenvalue weighted by molar-refractivity contribution is 5.93. The minimum Gasteiger partial charge on any atom is -0.478 e. The maximum Gasteiger partial charge on any atom is 0.253 e. The molecule has 0 radical (unpaired) electrons. The van der Waals surface area contributed by atoms with E-state index in [-0.39, 0.29) is 5.91 Å². The Kier molecular flexibility index (Phi) is 5.11. The van der Waals surface area contributed by atoms with Crippen molar-refractivity contribution in [2.45, 2.75) is 6.10 Å². The van der Waals surface area contributed by atoms with Crippen LogP contribution in [-0.4, -0.2) is 31.2 Å². The molecule has 0 spiro atoms. The van der Waals surface area contributed by atoms with Crippen LogP contribution in [-0.2, 0) is 4.79 Å². The zero-order valence-electron chi connectivity index (χ0n) is 12.9. The molecule has 5 heteroatoms. The number of aldehydes is 1. The first-order valence-electron chi connectivity index (χ1n) is 6.99. The molecule has 2 rings (SSSR count). The van der Waals surface area contributed by atoms with E-state index in [1.807, 2.05) is 6.07 Å². The van der Waals surface area contributed by atoms with E-state index in [1.54, 1.807) is 62.6 Å². The highest BCUT2D eigenvalue weighted by Crippen LogP contribution is 2.21. The van der Waals surface area contributed by atoms with Crippen LogP contribution in [0, 0.1) is 11.3 Å². The van der Waals surface area contributed by atoms with Gasteiger partial charge >= 0.3 is 0 Å². The molecule has 0 aliphatic carbocycles. The molecule has 0 aliphatic rings. The standard InChI is InChI=1S/C18H16N2O3/c1-20(2)18(22)15-7-5-14(6-8-15)17(12-21)23-16-9-3-13(11-19)4-10-16/h3-10,12,17H,1-2H3. The zero-order valence-corrected chi connectivity index (χ0v) is 12.9.